The van der Waals surface area contributed by atoms with Crippen molar-refractivity contribution in [2.24, 2.45) is 5.92 Å². The largest absolute Gasteiger partial charge is 0.374 e. The summed E-state index contributed by atoms with van der Waals surface area (Å²) in [5, 5.41) is 0.957. The van der Waals surface area contributed by atoms with E-state index in [1.54, 1.807) is 0 Å². The van der Waals surface area contributed by atoms with Gasteiger partial charge in [-0.15, -0.1) is 0 Å². The van der Waals surface area contributed by atoms with Crippen molar-refractivity contribution >= 4 is 15.9 Å². The first-order valence-electron chi connectivity index (χ1n) is 6.09. The average molecular weight is 278 g/mol. The zero-order valence-corrected chi connectivity index (χ0v) is 11.8. The lowest BCUT2D eigenvalue weighted by Gasteiger charge is -2.38. The van der Waals surface area contributed by atoms with Crippen molar-refractivity contribution in [1.29, 1.82) is 0 Å². The molecule has 0 N–H and O–H groups in total. The minimum absolute atomic E-state index is 0.384. The molecule has 1 aliphatic rings. The summed E-state index contributed by atoms with van der Waals surface area (Å²) in [6.07, 6.45) is 3.01. The predicted molar refractivity (Wildman–Crippen MR) is 68.6 cm³/mol. The van der Waals surface area contributed by atoms with E-state index >= 15 is 0 Å². The van der Waals surface area contributed by atoms with Gasteiger partial charge in [0, 0.05) is 24.5 Å². The Bertz CT molecular complexity index is 177. The van der Waals surface area contributed by atoms with Crippen LogP contribution < -0.4 is 0 Å². The molecule has 15 heavy (non-hydrogen) atoms. The summed E-state index contributed by atoms with van der Waals surface area (Å²) in [5.74, 6) is 0.812. The van der Waals surface area contributed by atoms with Crippen molar-refractivity contribution in [3.05, 3.63) is 0 Å². The van der Waals surface area contributed by atoms with Crippen LogP contribution in [-0.4, -0.2) is 42.1 Å². The third kappa shape index (κ3) is 4.41. The van der Waals surface area contributed by atoms with Crippen LogP contribution in [0.4, 0.5) is 0 Å². The Balaban J connectivity index is 2.36. The van der Waals surface area contributed by atoms with Crippen LogP contribution in [0.15, 0.2) is 0 Å². The molecule has 1 fully saturated rings. The van der Waals surface area contributed by atoms with Crippen molar-refractivity contribution in [1.82, 2.24) is 4.90 Å². The van der Waals surface area contributed by atoms with Crippen LogP contribution in [0.1, 0.15) is 33.6 Å². The molecule has 0 spiro atoms. The Kier molecular flexibility index (Phi) is 6.17. The molecule has 0 aromatic heterocycles. The fourth-order valence-electron chi connectivity index (χ4n) is 2.21. The smallest absolute Gasteiger partial charge is 0.0799 e. The van der Waals surface area contributed by atoms with Crippen molar-refractivity contribution in [3.63, 3.8) is 0 Å². The highest BCUT2D eigenvalue weighted by atomic mass is 79.9. The number of rotatable bonds is 5. The highest BCUT2D eigenvalue weighted by molar-refractivity contribution is 9.09. The van der Waals surface area contributed by atoms with Gasteiger partial charge >= 0.3 is 0 Å². The summed E-state index contributed by atoms with van der Waals surface area (Å²) in [6.45, 7) is 10.1. The van der Waals surface area contributed by atoms with Crippen molar-refractivity contribution < 1.29 is 4.74 Å². The van der Waals surface area contributed by atoms with Crippen molar-refractivity contribution in [3.8, 4) is 0 Å². The molecule has 2 nitrogen and oxygen atoms in total. The molecular weight excluding hydrogens is 254 g/mol. The molecule has 1 heterocycles. The first-order valence-corrected chi connectivity index (χ1v) is 7.21. The number of halogens is 1. The van der Waals surface area contributed by atoms with Gasteiger partial charge in [0.25, 0.3) is 0 Å². The normalized spacial score (nSPS) is 30.4. The molecule has 0 aromatic rings. The van der Waals surface area contributed by atoms with Crippen LogP contribution in [0.2, 0.25) is 0 Å². The highest BCUT2D eigenvalue weighted by Crippen LogP contribution is 2.16. The lowest BCUT2D eigenvalue weighted by molar-refractivity contribution is -0.0511. The van der Waals surface area contributed by atoms with E-state index in [1.807, 2.05) is 0 Å². The number of ether oxygens (including phenoxy) is 1. The summed E-state index contributed by atoms with van der Waals surface area (Å²) < 4.78 is 5.72. The maximum atomic E-state index is 5.72. The average Bonchev–Trinajstić information content (AvgIpc) is 2.21. The summed E-state index contributed by atoms with van der Waals surface area (Å²) in [4.78, 5) is 2.58. The van der Waals surface area contributed by atoms with Gasteiger partial charge in [0.15, 0.2) is 0 Å². The Labute approximate surface area is 102 Å². The van der Waals surface area contributed by atoms with Crippen LogP contribution in [0.3, 0.4) is 0 Å². The molecule has 0 bridgehead atoms. The van der Waals surface area contributed by atoms with Crippen molar-refractivity contribution in [2.45, 2.75) is 45.8 Å². The summed E-state index contributed by atoms with van der Waals surface area (Å²) in [7, 11) is 0. The molecule has 0 saturated carbocycles. The molecule has 3 unspecified atom stereocenters. The second-order valence-corrected chi connectivity index (χ2v) is 5.45. The topological polar surface area (TPSA) is 12.5 Å². The third-order valence-electron chi connectivity index (χ3n) is 3.13. The molecule has 1 saturated heterocycles. The Morgan fingerprint density at radius 1 is 1.53 bits per heavy atom. The lowest BCUT2D eigenvalue weighted by atomic mass is 10.0. The second kappa shape index (κ2) is 6.87. The first-order chi connectivity index (χ1) is 7.17. The fourth-order valence-corrected chi connectivity index (χ4v) is 2.60. The van der Waals surface area contributed by atoms with Crippen LogP contribution in [0, 0.1) is 5.92 Å². The van der Waals surface area contributed by atoms with Crippen molar-refractivity contribution in [2.75, 3.05) is 25.0 Å². The zero-order valence-electron chi connectivity index (χ0n) is 10.2. The van der Waals surface area contributed by atoms with Crippen LogP contribution in [0.25, 0.3) is 0 Å². The van der Waals surface area contributed by atoms with Gasteiger partial charge in [-0.25, -0.2) is 0 Å². The van der Waals surface area contributed by atoms with Gasteiger partial charge < -0.3 is 4.74 Å². The predicted octanol–water partition coefficient (Wildman–Crippen LogP) is 2.91. The Morgan fingerprint density at radius 2 is 2.27 bits per heavy atom. The molecule has 3 heteroatoms. The molecule has 0 aliphatic carbocycles. The highest BCUT2D eigenvalue weighted by Gasteiger charge is 2.25. The van der Waals surface area contributed by atoms with Crippen LogP contribution in [0.5, 0.6) is 0 Å². The minimum Gasteiger partial charge on any atom is -0.374 e. The van der Waals surface area contributed by atoms with Crippen LogP contribution >= 0.6 is 15.9 Å². The van der Waals surface area contributed by atoms with E-state index in [-0.39, 0.29) is 0 Å². The molecule has 0 aromatic carbocycles. The third-order valence-corrected chi connectivity index (χ3v) is 3.86. The number of morpholine rings is 1. The molecular formula is C12H24BrNO. The second-order valence-electron chi connectivity index (χ2n) is 4.81. The van der Waals surface area contributed by atoms with E-state index in [9.17, 15) is 0 Å². The molecule has 0 radical (unpaired) electrons. The van der Waals surface area contributed by atoms with Gasteiger partial charge in [-0.3, -0.25) is 4.90 Å². The van der Waals surface area contributed by atoms with Crippen LogP contribution in [-0.2, 0) is 4.74 Å². The summed E-state index contributed by atoms with van der Waals surface area (Å²) >= 11 is 3.50. The number of alkyl halides is 1. The summed E-state index contributed by atoms with van der Waals surface area (Å²) in [6, 6.07) is 0.583. The summed E-state index contributed by atoms with van der Waals surface area (Å²) in [5.41, 5.74) is 0. The van der Waals surface area contributed by atoms with E-state index in [0.29, 0.717) is 12.1 Å². The Morgan fingerprint density at radius 3 is 2.87 bits per heavy atom. The van der Waals surface area contributed by atoms with Gasteiger partial charge in [0.2, 0.25) is 0 Å². The van der Waals surface area contributed by atoms with E-state index in [2.05, 4.69) is 41.6 Å². The number of nitrogens with zero attached hydrogens (tertiary/aromatic N) is 1. The minimum atomic E-state index is 0.384. The lowest BCUT2D eigenvalue weighted by Crippen LogP contribution is -2.50. The number of hydrogen-bond acceptors (Lipinski definition) is 2. The fraction of sp³-hybridized carbons (Fsp3) is 1.00. The van der Waals surface area contributed by atoms with Gasteiger partial charge in [-0.05, 0) is 19.3 Å². The monoisotopic (exact) mass is 277 g/mol. The van der Waals surface area contributed by atoms with Gasteiger partial charge in [0.1, 0.15) is 0 Å². The van der Waals surface area contributed by atoms with Gasteiger partial charge in [-0.2, -0.15) is 0 Å². The standard InChI is InChI=1S/C12H24BrNO/c1-4-5-10(2)7-14-8-12(6-13)15-9-11(14)3/h10-12H,4-9H2,1-3H3. The molecule has 1 aliphatic heterocycles. The quantitative estimate of drug-likeness (QED) is 0.717. The maximum absolute atomic E-state index is 5.72. The number of hydrogen-bond donors (Lipinski definition) is 0. The molecule has 90 valence electrons. The first kappa shape index (κ1) is 13.5. The van der Waals surface area contributed by atoms with Gasteiger partial charge in [0.05, 0.1) is 12.7 Å². The van der Waals surface area contributed by atoms with E-state index < -0.39 is 0 Å². The van der Waals surface area contributed by atoms with Gasteiger partial charge in [-0.1, -0.05) is 36.2 Å². The molecule has 3 atom stereocenters. The SMILES string of the molecule is CCCC(C)CN1CC(CBr)OCC1C. The molecule has 1 rings (SSSR count). The maximum Gasteiger partial charge on any atom is 0.0799 e. The van der Waals surface area contributed by atoms with E-state index in [0.717, 1.165) is 24.4 Å². The Hall–Kier alpha value is 0.400. The van der Waals surface area contributed by atoms with E-state index in [1.165, 1.54) is 19.4 Å². The van der Waals surface area contributed by atoms with E-state index in [4.69, 9.17) is 4.74 Å². The molecule has 0 amide bonds. The zero-order chi connectivity index (χ0) is 11.3.